The van der Waals surface area contributed by atoms with E-state index in [0.717, 1.165) is 34.1 Å². The van der Waals surface area contributed by atoms with E-state index in [4.69, 9.17) is 13.9 Å². The van der Waals surface area contributed by atoms with Gasteiger partial charge in [0.05, 0.1) is 6.61 Å². The number of ether oxygens (including phenoxy) is 2. The molecule has 0 spiro atoms. The molecule has 3 aromatic rings. The molecule has 0 amide bonds. The molecule has 0 saturated carbocycles. The number of esters is 1. The first-order valence-corrected chi connectivity index (χ1v) is 10.3. The first kappa shape index (κ1) is 21.6. The Hall–Kier alpha value is -3.08. The predicted octanol–water partition coefficient (Wildman–Crippen LogP) is 5.18. The highest BCUT2D eigenvalue weighted by Crippen LogP contribution is 2.29. The van der Waals surface area contributed by atoms with E-state index >= 15 is 0 Å². The lowest BCUT2D eigenvalue weighted by molar-refractivity contribution is -0.143. The van der Waals surface area contributed by atoms with Gasteiger partial charge >= 0.3 is 11.6 Å². The molecule has 0 radical (unpaired) electrons. The molecule has 0 N–H and O–H groups in total. The van der Waals surface area contributed by atoms with Crippen LogP contribution in [-0.2, 0) is 22.6 Å². The summed E-state index contributed by atoms with van der Waals surface area (Å²) in [5.74, 6) is 0.384. The van der Waals surface area contributed by atoms with Crippen molar-refractivity contribution in [1.82, 2.24) is 0 Å². The summed E-state index contributed by atoms with van der Waals surface area (Å²) in [6.45, 7) is 8.75. The first-order chi connectivity index (χ1) is 14.4. The highest BCUT2D eigenvalue weighted by Gasteiger charge is 2.13. The van der Waals surface area contributed by atoms with Crippen LogP contribution in [0.25, 0.3) is 11.0 Å². The van der Waals surface area contributed by atoms with Crippen molar-refractivity contribution in [2.24, 2.45) is 0 Å². The van der Waals surface area contributed by atoms with Gasteiger partial charge in [-0.2, -0.15) is 0 Å². The summed E-state index contributed by atoms with van der Waals surface area (Å²) < 4.78 is 16.7. The monoisotopic (exact) mass is 408 g/mol. The standard InChI is InChI=1S/C25H28O5/c1-5-10-28-24(26)9-8-19-13-21-18(4)12-25(27)30-23(21)14-22(19)29-15-20-11-16(2)6-7-17(20)3/h6-7,11-14H,5,8-10,15H2,1-4H3. The Morgan fingerprint density at radius 1 is 1.00 bits per heavy atom. The second-order valence-corrected chi connectivity index (χ2v) is 7.64. The number of hydrogen-bond acceptors (Lipinski definition) is 5. The number of carbonyl (C=O) groups excluding carboxylic acids is 1. The Morgan fingerprint density at radius 3 is 2.57 bits per heavy atom. The van der Waals surface area contributed by atoms with Crippen molar-refractivity contribution in [3.8, 4) is 5.75 Å². The quantitative estimate of drug-likeness (QED) is 0.379. The molecule has 5 nitrogen and oxygen atoms in total. The summed E-state index contributed by atoms with van der Waals surface area (Å²) in [5, 5.41) is 0.839. The summed E-state index contributed by atoms with van der Waals surface area (Å²) in [6, 6.07) is 11.4. The lowest BCUT2D eigenvalue weighted by atomic mass is 10.0. The summed E-state index contributed by atoms with van der Waals surface area (Å²) in [4.78, 5) is 23.8. The summed E-state index contributed by atoms with van der Waals surface area (Å²) in [7, 11) is 0. The maximum atomic E-state index is 12.0. The third-order valence-corrected chi connectivity index (χ3v) is 5.09. The van der Waals surface area contributed by atoms with Crippen molar-refractivity contribution in [2.75, 3.05) is 6.61 Å². The Bertz CT molecular complexity index is 1110. The van der Waals surface area contributed by atoms with Crippen LogP contribution >= 0.6 is 0 Å². The van der Waals surface area contributed by atoms with Crippen molar-refractivity contribution >= 4 is 16.9 Å². The van der Waals surface area contributed by atoms with Gasteiger partial charge in [0.25, 0.3) is 0 Å². The van der Waals surface area contributed by atoms with Crippen molar-refractivity contribution in [3.63, 3.8) is 0 Å². The second-order valence-electron chi connectivity index (χ2n) is 7.64. The molecule has 1 heterocycles. The molecule has 158 valence electrons. The number of hydrogen-bond donors (Lipinski definition) is 0. The number of benzene rings is 2. The lowest BCUT2D eigenvalue weighted by Crippen LogP contribution is -2.08. The Kier molecular flexibility index (Phi) is 6.93. The second kappa shape index (κ2) is 9.61. The van der Waals surface area contributed by atoms with Crippen LogP contribution in [0.5, 0.6) is 5.75 Å². The van der Waals surface area contributed by atoms with E-state index in [1.54, 1.807) is 6.07 Å². The van der Waals surface area contributed by atoms with Crippen LogP contribution in [0.15, 0.2) is 45.6 Å². The maximum Gasteiger partial charge on any atom is 0.336 e. The van der Waals surface area contributed by atoms with E-state index in [1.807, 2.05) is 33.8 Å². The van der Waals surface area contributed by atoms with Gasteiger partial charge in [0.15, 0.2) is 0 Å². The Labute approximate surface area is 176 Å². The predicted molar refractivity (Wildman–Crippen MR) is 117 cm³/mol. The average molecular weight is 408 g/mol. The Morgan fingerprint density at radius 2 is 1.80 bits per heavy atom. The third-order valence-electron chi connectivity index (χ3n) is 5.09. The molecule has 0 saturated heterocycles. The third kappa shape index (κ3) is 5.29. The molecule has 0 aliphatic rings. The zero-order chi connectivity index (χ0) is 21.7. The summed E-state index contributed by atoms with van der Waals surface area (Å²) >= 11 is 0. The molecule has 0 atom stereocenters. The van der Waals surface area contributed by atoms with Crippen LogP contribution in [0.2, 0.25) is 0 Å². The first-order valence-electron chi connectivity index (χ1n) is 10.3. The molecule has 0 aliphatic carbocycles. The van der Waals surface area contributed by atoms with Crippen molar-refractivity contribution in [2.45, 2.75) is 53.6 Å². The van der Waals surface area contributed by atoms with Gasteiger partial charge in [-0.25, -0.2) is 4.79 Å². The lowest BCUT2D eigenvalue weighted by Gasteiger charge is -2.15. The van der Waals surface area contributed by atoms with Crippen LogP contribution in [0.1, 0.15) is 47.6 Å². The van der Waals surface area contributed by atoms with E-state index in [2.05, 4.69) is 18.2 Å². The minimum atomic E-state index is -0.392. The molecule has 30 heavy (non-hydrogen) atoms. The normalized spacial score (nSPS) is 10.9. The molecule has 3 rings (SSSR count). The zero-order valence-electron chi connectivity index (χ0n) is 18.0. The molecule has 0 unspecified atom stereocenters. The Balaban J connectivity index is 1.91. The minimum Gasteiger partial charge on any atom is -0.488 e. The molecular weight excluding hydrogens is 380 g/mol. The fraction of sp³-hybridized carbons (Fsp3) is 0.360. The maximum absolute atomic E-state index is 12.0. The van der Waals surface area contributed by atoms with Crippen LogP contribution in [0.3, 0.4) is 0 Å². The summed E-state index contributed by atoms with van der Waals surface area (Å²) in [6.07, 6.45) is 1.55. The number of aryl methyl sites for hydroxylation is 4. The van der Waals surface area contributed by atoms with Crippen LogP contribution in [-0.4, -0.2) is 12.6 Å². The van der Waals surface area contributed by atoms with Gasteiger partial charge in [0.1, 0.15) is 17.9 Å². The van der Waals surface area contributed by atoms with Crippen LogP contribution in [0, 0.1) is 20.8 Å². The molecule has 0 bridgehead atoms. The van der Waals surface area contributed by atoms with E-state index in [0.29, 0.717) is 31.0 Å². The number of carbonyl (C=O) groups is 1. The van der Waals surface area contributed by atoms with E-state index < -0.39 is 5.63 Å². The largest absolute Gasteiger partial charge is 0.488 e. The minimum absolute atomic E-state index is 0.228. The highest BCUT2D eigenvalue weighted by atomic mass is 16.5. The zero-order valence-corrected chi connectivity index (χ0v) is 18.0. The van der Waals surface area contributed by atoms with Crippen LogP contribution in [0.4, 0.5) is 0 Å². The molecular formula is C25H28O5. The van der Waals surface area contributed by atoms with Gasteiger partial charge in [-0.05, 0) is 61.9 Å². The van der Waals surface area contributed by atoms with Gasteiger partial charge < -0.3 is 13.9 Å². The van der Waals surface area contributed by atoms with Crippen molar-refractivity contribution in [1.29, 1.82) is 0 Å². The molecule has 0 fully saturated rings. The molecule has 5 heteroatoms. The number of rotatable bonds is 8. The molecule has 2 aromatic carbocycles. The van der Waals surface area contributed by atoms with Gasteiger partial charge in [-0.1, -0.05) is 30.7 Å². The van der Waals surface area contributed by atoms with Crippen LogP contribution < -0.4 is 10.4 Å². The van der Waals surface area contributed by atoms with Crippen molar-refractivity contribution < 1.29 is 18.7 Å². The average Bonchev–Trinajstić information content (AvgIpc) is 2.71. The van der Waals surface area contributed by atoms with Gasteiger partial charge in [-0.3, -0.25) is 4.79 Å². The van der Waals surface area contributed by atoms with E-state index in [-0.39, 0.29) is 12.4 Å². The molecule has 0 aliphatic heterocycles. The van der Waals surface area contributed by atoms with E-state index in [9.17, 15) is 9.59 Å². The highest BCUT2D eigenvalue weighted by molar-refractivity contribution is 5.83. The SMILES string of the molecule is CCCOC(=O)CCc1cc2c(C)cc(=O)oc2cc1OCc1cc(C)ccc1C. The van der Waals surface area contributed by atoms with E-state index in [1.165, 1.54) is 11.6 Å². The van der Waals surface area contributed by atoms with Gasteiger partial charge in [-0.15, -0.1) is 0 Å². The fourth-order valence-electron chi connectivity index (χ4n) is 3.36. The fourth-order valence-corrected chi connectivity index (χ4v) is 3.36. The van der Waals surface area contributed by atoms with Crippen molar-refractivity contribution in [3.05, 3.63) is 74.6 Å². The smallest absolute Gasteiger partial charge is 0.336 e. The van der Waals surface area contributed by atoms with Gasteiger partial charge in [0.2, 0.25) is 0 Å². The van der Waals surface area contributed by atoms with Gasteiger partial charge in [0, 0.05) is 23.9 Å². The summed E-state index contributed by atoms with van der Waals surface area (Å²) in [5.41, 5.74) is 5.21. The topological polar surface area (TPSA) is 65.7 Å². The number of fused-ring (bicyclic) bond motifs is 1. The molecule has 1 aromatic heterocycles.